The molecule has 0 fully saturated rings. The SMILES string of the molecule is N/C(=N\C(=Nc1ccccc1)Nc1ccccc1)c1ccccc1. The monoisotopic (exact) mass is 314 g/mol. The number of para-hydroxylation sites is 2. The number of hydrogen-bond donors (Lipinski definition) is 2. The fourth-order valence-electron chi connectivity index (χ4n) is 2.14. The lowest BCUT2D eigenvalue weighted by molar-refractivity contribution is 1.41. The first-order chi connectivity index (χ1) is 11.8. The van der Waals surface area contributed by atoms with Crippen LogP contribution in [0.1, 0.15) is 5.56 Å². The summed E-state index contributed by atoms with van der Waals surface area (Å²) in [7, 11) is 0. The van der Waals surface area contributed by atoms with E-state index in [1.807, 2.05) is 91.0 Å². The predicted molar refractivity (Wildman–Crippen MR) is 101 cm³/mol. The Kier molecular flexibility index (Phi) is 5.00. The Morgan fingerprint density at radius 2 is 1.25 bits per heavy atom. The van der Waals surface area contributed by atoms with Crippen LogP contribution in [0.25, 0.3) is 0 Å². The smallest absolute Gasteiger partial charge is 0.229 e. The number of anilines is 1. The molecule has 0 bridgehead atoms. The van der Waals surface area contributed by atoms with Crippen LogP contribution in [0.4, 0.5) is 11.4 Å². The molecule has 3 aromatic carbocycles. The first-order valence-corrected chi connectivity index (χ1v) is 7.67. The van der Waals surface area contributed by atoms with Crippen molar-refractivity contribution in [2.24, 2.45) is 15.7 Å². The summed E-state index contributed by atoms with van der Waals surface area (Å²) in [4.78, 5) is 9.03. The Morgan fingerprint density at radius 3 is 1.88 bits per heavy atom. The molecule has 0 atom stereocenters. The standard InChI is InChI=1S/C20H18N4/c21-19(16-10-4-1-5-11-16)24-20(22-17-12-6-2-7-13-17)23-18-14-8-3-9-15-18/h1-15H,(H3,21,22,23,24). The van der Waals surface area contributed by atoms with Gasteiger partial charge in [0.2, 0.25) is 5.96 Å². The summed E-state index contributed by atoms with van der Waals surface area (Å²) in [5.74, 6) is 0.850. The van der Waals surface area contributed by atoms with Crippen LogP contribution in [0.5, 0.6) is 0 Å². The summed E-state index contributed by atoms with van der Waals surface area (Å²) in [5, 5.41) is 3.21. The molecule has 3 N–H and O–H groups in total. The molecule has 0 aliphatic rings. The molecule has 0 unspecified atom stereocenters. The molecular weight excluding hydrogens is 296 g/mol. The van der Waals surface area contributed by atoms with Crippen LogP contribution in [-0.2, 0) is 0 Å². The third kappa shape index (κ3) is 4.30. The van der Waals surface area contributed by atoms with Gasteiger partial charge in [-0.3, -0.25) is 0 Å². The van der Waals surface area contributed by atoms with Crippen molar-refractivity contribution in [2.45, 2.75) is 0 Å². The zero-order valence-electron chi connectivity index (χ0n) is 13.1. The van der Waals surface area contributed by atoms with Crippen molar-refractivity contribution in [1.82, 2.24) is 0 Å². The van der Waals surface area contributed by atoms with E-state index in [4.69, 9.17) is 5.73 Å². The zero-order chi connectivity index (χ0) is 16.6. The second kappa shape index (κ2) is 7.74. The Hall–Kier alpha value is -3.40. The third-order valence-corrected chi connectivity index (χ3v) is 3.32. The second-order valence-electron chi connectivity index (χ2n) is 5.13. The maximum Gasteiger partial charge on any atom is 0.229 e. The summed E-state index contributed by atoms with van der Waals surface area (Å²) >= 11 is 0. The van der Waals surface area contributed by atoms with Crippen molar-refractivity contribution in [1.29, 1.82) is 0 Å². The fraction of sp³-hybridized carbons (Fsp3) is 0. The molecule has 0 aliphatic carbocycles. The molecule has 0 aliphatic heterocycles. The molecule has 4 nitrogen and oxygen atoms in total. The molecule has 24 heavy (non-hydrogen) atoms. The van der Waals surface area contributed by atoms with Crippen LogP contribution in [0.15, 0.2) is 101 Å². The Morgan fingerprint density at radius 1 is 0.708 bits per heavy atom. The van der Waals surface area contributed by atoms with Crippen LogP contribution in [-0.4, -0.2) is 11.8 Å². The van der Waals surface area contributed by atoms with Crippen LogP contribution in [0.3, 0.4) is 0 Å². The van der Waals surface area contributed by atoms with E-state index in [1.165, 1.54) is 0 Å². The fourth-order valence-corrected chi connectivity index (χ4v) is 2.14. The minimum absolute atomic E-state index is 0.411. The van der Waals surface area contributed by atoms with Gasteiger partial charge in [0.05, 0.1) is 5.69 Å². The average molecular weight is 314 g/mol. The topological polar surface area (TPSA) is 62.8 Å². The lowest BCUT2D eigenvalue weighted by Crippen LogP contribution is -2.19. The summed E-state index contributed by atoms with van der Waals surface area (Å²) in [6, 6.07) is 29.1. The Balaban J connectivity index is 1.94. The maximum atomic E-state index is 6.13. The number of guanidine groups is 1. The van der Waals surface area contributed by atoms with Gasteiger partial charge in [0.15, 0.2) is 0 Å². The van der Waals surface area contributed by atoms with Gasteiger partial charge in [-0.2, -0.15) is 4.99 Å². The van der Waals surface area contributed by atoms with Crippen LogP contribution >= 0.6 is 0 Å². The molecule has 0 amide bonds. The highest BCUT2D eigenvalue weighted by Crippen LogP contribution is 2.13. The van der Waals surface area contributed by atoms with E-state index < -0.39 is 0 Å². The molecule has 3 aromatic rings. The third-order valence-electron chi connectivity index (χ3n) is 3.32. The van der Waals surface area contributed by atoms with Crippen LogP contribution in [0.2, 0.25) is 0 Å². The molecule has 0 saturated heterocycles. The zero-order valence-corrected chi connectivity index (χ0v) is 13.1. The highest BCUT2D eigenvalue weighted by atomic mass is 15.1. The average Bonchev–Trinajstić information content (AvgIpc) is 2.64. The summed E-state index contributed by atoms with van der Waals surface area (Å²) in [6.07, 6.45) is 0. The quantitative estimate of drug-likeness (QED) is 0.562. The Bertz CT molecular complexity index is 825. The molecule has 0 aromatic heterocycles. The molecule has 0 saturated carbocycles. The highest BCUT2D eigenvalue weighted by Gasteiger charge is 2.03. The molecule has 118 valence electrons. The number of nitrogens with one attached hydrogen (secondary N) is 1. The minimum atomic E-state index is 0.411. The lowest BCUT2D eigenvalue weighted by atomic mass is 10.2. The number of aliphatic imine (C=N–C) groups is 2. The number of amidine groups is 1. The van der Waals surface area contributed by atoms with Crippen molar-refractivity contribution in [3.8, 4) is 0 Å². The highest BCUT2D eigenvalue weighted by molar-refractivity contribution is 6.08. The van der Waals surface area contributed by atoms with Crippen LogP contribution < -0.4 is 11.1 Å². The van der Waals surface area contributed by atoms with E-state index in [0.717, 1.165) is 16.9 Å². The van der Waals surface area contributed by atoms with Gasteiger partial charge < -0.3 is 11.1 Å². The van der Waals surface area contributed by atoms with Gasteiger partial charge in [0.1, 0.15) is 5.84 Å². The second-order valence-corrected chi connectivity index (χ2v) is 5.13. The predicted octanol–water partition coefficient (Wildman–Crippen LogP) is 4.19. The largest absolute Gasteiger partial charge is 0.383 e. The first kappa shape index (κ1) is 15.5. The van der Waals surface area contributed by atoms with E-state index in [9.17, 15) is 0 Å². The van der Waals surface area contributed by atoms with Crippen molar-refractivity contribution in [3.63, 3.8) is 0 Å². The van der Waals surface area contributed by atoms with Gasteiger partial charge in [-0.1, -0.05) is 66.7 Å². The molecule has 0 heterocycles. The van der Waals surface area contributed by atoms with Gasteiger partial charge in [-0.25, -0.2) is 4.99 Å². The normalized spacial score (nSPS) is 12.0. The van der Waals surface area contributed by atoms with Crippen molar-refractivity contribution in [3.05, 3.63) is 96.6 Å². The lowest BCUT2D eigenvalue weighted by Gasteiger charge is -2.07. The number of benzene rings is 3. The molecule has 3 rings (SSSR count). The van der Waals surface area contributed by atoms with E-state index in [0.29, 0.717) is 11.8 Å². The minimum Gasteiger partial charge on any atom is -0.383 e. The molecule has 0 spiro atoms. The summed E-state index contributed by atoms with van der Waals surface area (Å²) in [5.41, 5.74) is 8.69. The van der Waals surface area contributed by atoms with Gasteiger partial charge in [-0.05, 0) is 24.3 Å². The van der Waals surface area contributed by atoms with Gasteiger partial charge in [0.25, 0.3) is 0 Å². The maximum absolute atomic E-state index is 6.13. The van der Waals surface area contributed by atoms with E-state index in [-0.39, 0.29) is 0 Å². The van der Waals surface area contributed by atoms with Gasteiger partial charge in [0, 0.05) is 11.3 Å². The van der Waals surface area contributed by atoms with Crippen molar-refractivity contribution < 1.29 is 0 Å². The molecular formula is C20H18N4. The molecule has 4 heteroatoms. The number of nitrogens with zero attached hydrogens (tertiary/aromatic N) is 2. The van der Waals surface area contributed by atoms with E-state index >= 15 is 0 Å². The van der Waals surface area contributed by atoms with E-state index in [1.54, 1.807) is 0 Å². The number of hydrogen-bond acceptors (Lipinski definition) is 1. The van der Waals surface area contributed by atoms with Crippen molar-refractivity contribution in [2.75, 3.05) is 5.32 Å². The van der Waals surface area contributed by atoms with E-state index in [2.05, 4.69) is 15.3 Å². The van der Waals surface area contributed by atoms with Gasteiger partial charge in [-0.15, -0.1) is 0 Å². The van der Waals surface area contributed by atoms with Crippen LogP contribution in [0, 0.1) is 0 Å². The van der Waals surface area contributed by atoms with Gasteiger partial charge >= 0.3 is 0 Å². The Labute approximate surface area is 141 Å². The molecule has 0 radical (unpaired) electrons. The number of nitrogens with two attached hydrogens (primary N) is 1. The summed E-state index contributed by atoms with van der Waals surface area (Å²) < 4.78 is 0. The number of rotatable bonds is 3. The van der Waals surface area contributed by atoms with Crippen molar-refractivity contribution >= 4 is 23.2 Å². The first-order valence-electron chi connectivity index (χ1n) is 7.67. The summed E-state index contributed by atoms with van der Waals surface area (Å²) in [6.45, 7) is 0.